The van der Waals surface area contributed by atoms with Crippen molar-refractivity contribution in [1.29, 1.82) is 0 Å². The van der Waals surface area contributed by atoms with Gasteiger partial charge in [-0.15, -0.1) is 0 Å². The van der Waals surface area contributed by atoms with E-state index in [0.29, 0.717) is 16.1 Å². The second-order valence-electron chi connectivity index (χ2n) is 5.00. The van der Waals surface area contributed by atoms with Crippen molar-refractivity contribution < 1.29 is 13.2 Å². The van der Waals surface area contributed by atoms with Gasteiger partial charge in [0.15, 0.2) is 0 Å². The van der Waals surface area contributed by atoms with Crippen molar-refractivity contribution in [3.8, 4) is 0 Å². The van der Waals surface area contributed by atoms with Gasteiger partial charge in [0.2, 0.25) is 0 Å². The van der Waals surface area contributed by atoms with Crippen LogP contribution in [0.4, 0.5) is 0 Å². The van der Waals surface area contributed by atoms with Crippen molar-refractivity contribution >= 4 is 38.2 Å². The summed E-state index contributed by atoms with van der Waals surface area (Å²) in [7, 11) is -3.16. The highest BCUT2D eigenvalue weighted by molar-refractivity contribution is 7.90. The Bertz CT molecular complexity index is 790. The Labute approximate surface area is 128 Å². The number of carbonyl (C=O) groups excluding carboxylic acids is 1. The van der Waals surface area contributed by atoms with Gasteiger partial charge in [0.25, 0.3) is 5.91 Å². The van der Waals surface area contributed by atoms with Gasteiger partial charge < -0.3 is 5.32 Å². The van der Waals surface area contributed by atoms with Crippen molar-refractivity contribution in [2.45, 2.75) is 13.0 Å². The Morgan fingerprint density at radius 1 is 1.43 bits per heavy atom. The molecule has 1 heterocycles. The smallest absolute Gasteiger partial charge is 0.253 e. The van der Waals surface area contributed by atoms with Crippen LogP contribution < -0.4 is 5.32 Å². The lowest BCUT2D eigenvalue weighted by Gasteiger charge is -2.14. The number of nitrogens with one attached hydrogen (secondary N) is 1. The van der Waals surface area contributed by atoms with Crippen LogP contribution in [-0.4, -0.2) is 37.4 Å². The number of amides is 1. The normalized spacial score (nSPS) is 13.1. The number of hydrogen-bond acceptors (Lipinski definition) is 4. The highest BCUT2D eigenvalue weighted by Gasteiger charge is 2.17. The lowest BCUT2D eigenvalue weighted by atomic mass is 10.1. The molecule has 0 saturated carbocycles. The van der Waals surface area contributed by atoms with Crippen LogP contribution in [0.3, 0.4) is 0 Å². The van der Waals surface area contributed by atoms with E-state index in [4.69, 9.17) is 11.6 Å². The summed E-state index contributed by atoms with van der Waals surface area (Å²) < 4.78 is 22.5. The van der Waals surface area contributed by atoms with E-state index in [1.54, 1.807) is 25.3 Å². The fourth-order valence-electron chi connectivity index (χ4n) is 2.13. The highest BCUT2D eigenvalue weighted by atomic mass is 35.5. The molecule has 0 aliphatic rings. The first-order chi connectivity index (χ1) is 9.76. The second kappa shape index (κ2) is 5.99. The standard InChI is InChI=1S/C14H15ClN2O3S/c1-9(8-21(2,19)20)17-14(18)12-7-11(15)6-10-4-3-5-16-13(10)12/h3-7,9H,8H2,1-2H3,(H,17,18). The number of sulfone groups is 1. The molecule has 21 heavy (non-hydrogen) atoms. The van der Waals surface area contributed by atoms with Crippen LogP contribution >= 0.6 is 11.6 Å². The zero-order valence-corrected chi connectivity index (χ0v) is 13.2. The van der Waals surface area contributed by atoms with E-state index in [1.165, 1.54) is 6.07 Å². The first kappa shape index (κ1) is 15.7. The van der Waals surface area contributed by atoms with Crippen LogP contribution in [0.25, 0.3) is 10.9 Å². The van der Waals surface area contributed by atoms with E-state index in [0.717, 1.165) is 11.6 Å². The molecule has 2 rings (SSSR count). The summed E-state index contributed by atoms with van der Waals surface area (Å²) >= 11 is 6.01. The Kier molecular flexibility index (Phi) is 4.49. The van der Waals surface area contributed by atoms with Crippen molar-refractivity contribution in [1.82, 2.24) is 10.3 Å². The van der Waals surface area contributed by atoms with Crippen LogP contribution in [0.5, 0.6) is 0 Å². The Hall–Kier alpha value is -1.66. The average molecular weight is 327 g/mol. The van der Waals surface area contributed by atoms with Crippen molar-refractivity contribution in [2.24, 2.45) is 0 Å². The monoisotopic (exact) mass is 326 g/mol. The maximum Gasteiger partial charge on any atom is 0.253 e. The van der Waals surface area contributed by atoms with E-state index >= 15 is 0 Å². The topological polar surface area (TPSA) is 76.1 Å². The minimum absolute atomic E-state index is 0.120. The molecule has 1 amide bonds. The molecule has 1 unspecified atom stereocenters. The van der Waals surface area contributed by atoms with Crippen molar-refractivity contribution in [3.05, 3.63) is 41.0 Å². The second-order valence-corrected chi connectivity index (χ2v) is 7.62. The lowest BCUT2D eigenvalue weighted by molar-refractivity contribution is 0.0945. The lowest BCUT2D eigenvalue weighted by Crippen LogP contribution is -2.37. The molecule has 1 aromatic carbocycles. The molecule has 0 bridgehead atoms. The molecule has 7 heteroatoms. The molecular formula is C14H15ClN2O3S. The first-order valence-corrected chi connectivity index (χ1v) is 8.73. The number of pyridine rings is 1. The molecule has 112 valence electrons. The van der Waals surface area contributed by atoms with Crippen LogP contribution in [0.2, 0.25) is 5.02 Å². The Morgan fingerprint density at radius 2 is 2.14 bits per heavy atom. The number of nitrogens with zero attached hydrogens (tertiary/aromatic N) is 1. The molecule has 0 aliphatic heterocycles. The number of hydrogen-bond donors (Lipinski definition) is 1. The van der Waals surface area contributed by atoms with Gasteiger partial charge in [-0.1, -0.05) is 17.7 Å². The molecule has 0 radical (unpaired) electrons. The van der Waals surface area contributed by atoms with E-state index in [-0.39, 0.29) is 5.75 Å². The maximum atomic E-state index is 12.3. The van der Waals surface area contributed by atoms with Gasteiger partial charge in [0.05, 0.1) is 16.8 Å². The molecular weight excluding hydrogens is 312 g/mol. The van der Waals surface area contributed by atoms with Crippen molar-refractivity contribution in [3.63, 3.8) is 0 Å². The van der Waals surface area contributed by atoms with Gasteiger partial charge in [-0.3, -0.25) is 9.78 Å². The third-order valence-corrected chi connectivity index (χ3v) is 4.17. The number of fused-ring (bicyclic) bond motifs is 1. The summed E-state index contributed by atoms with van der Waals surface area (Å²) in [5.74, 6) is -0.512. The summed E-state index contributed by atoms with van der Waals surface area (Å²) in [5, 5.41) is 3.84. The van der Waals surface area contributed by atoms with Crippen molar-refractivity contribution in [2.75, 3.05) is 12.0 Å². The first-order valence-electron chi connectivity index (χ1n) is 6.29. The zero-order chi connectivity index (χ0) is 15.6. The number of carbonyl (C=O) groups is 1. The van der Waals surface area contributed by atoms with Gasteiger partial charge >= 0.3 is 0 Å². The predicted octanol–water partition coefficient (Wildman–Crippen LogP) is 2.05. The van der Waals surface area contributed by atoms with Crippen LogP contribution in [0.1, 0.15) is 17.3 Å². The molecule has 1 N–H and O–H groups in total. The molecule has 0 spiro atoms. The molecule has 0 fully saturated rings. The zero-order valence-electron chi connectivity index (χ0n) is 11.6. The van der Waals surface area contributed by atoms with Crippen LogP contribution in [-0.2, 0) is 9.84 Å². The Morgan fingerprint density at radius 3 is 2.81 bits per heavy atom. The highest BCUT2D eigenvalue weighted by Crippen LogP contribution is 2.22. The molecule has 0 saturated heterocycles. The summed E-state index contributed by atoms with van der Waals surface area (Å²) in [4.78, 5) is 16.5. The van der Waals surface area contributed by atoms with E-state index in [2.05, 4.69) is 10.3 Å². The average Bonchev–Trinajstić information content (AvgIpc) is 2.35. The molecule has 1 aromatic heterocycles. The number of benzene rings is 1. The van der Waals surface area contributed by atoms with E-state index < -0.39 is 21.8 Å². The van der Waals surface area contributed by atoms with Gasteiger partial charge in [-0.2, -0.15) is 0 Å². The van der Waals surface area contributed by atoms with Gasteiger partial charge in [-0.05, 0) is 25.1 Å². The van der Waals surface area contributed by atoms with E-state index in [1.807, 2.05) is 6.07 Å². The molecule has 1 atom stereocenters. The SMILES string of the molecule is CC(CS(C)(=O)=O)NC(=O)c1cc(Cl)cc2cccnc12. The molecule has 5 nitrogen and oxygen atoms in total. The summed E-state index contributed by atoms with van der Waals surface area (Å²) in [5.41, 5.74) is 0.865. The third-order valence-electron chi connectivity index (χ3n) is 2.84. The summed E-state index contributed by atoms with van der Waals surface area (Å²) in [6.45, 7) is 1.64. The minimum Gasteiger partial charge on any atom is -0.348 e. The fourth-order valence-corrected chi connectivity index (χ4v) is 3.34. The maximum absolute atomic E-state index is 12.3. The van der Waals surface area contributed by atoms with Crippen LogP contribution in [0, 0.1) is 0 Å². The predicted molar refractivity (Wildman–Crippen MR) is 83.4 cm³/mol. The number of rotatable bonds is 4. The Balaban J connectivity index is 2.31. The van der Waals surface area contributed by atoms with Gasteiger partial charge in [0.1, 0.15) is 9.84 Å². The number of aromatic nitrogens is 1. The van der Waals surface area contributed by atoms with Gasteiger partial charge in [0, 0.05) is 28.9 Å². The largest absolute Gasteiger partial charge is 0.348 e. The fraction of sp³-hybridized carbons (Fsp3) is 0.286. The summed E-state index contributed by atoms with van der Waals surface area (Å²) in [6.07, 6.45) is 2.72. The third kappa shape index (κ3) is 4.15. The quantitative estimate of drug-likeness (QED) is 0.933. The molecule has 0 aliphatic carbocycles. The molecule has 2 aromatic rings. The van der Waals surface area contributed by atoms with Gasteiger partial charge in [-0.25, -0.2) is 8.42 Å². The van der Waals surface area contributed by atoms with Crippen LogP contribution in [0.15, 0.2) is 30.5 Å². The minimum atomic E-state index is -3.16. The number of halogens is 1. The van der Waals surface area contributed by atoms with E-state index in [9.17, 15) is 13.2 Å². The summed E-state index contributed by atoms with van der Waals surface area (Å²) in [6, 6.07) is 6.32.